The van der Waals surface area contributed by atoms with Gasteiger partial charge in [0, 0.05) is 20.2 Å². The molecule has 1 aromatic heterocycles. The average molecular weight is 561 g/mol. The Hall–Kier alpha value is -5.24. The summed E-state index contributed by atoms with van der Waals surface area (Å²) in [6.45, 7) is 0. The fourth-order valence-electron chi connectivity index (χ4n) is 7.44. The fraction of sp³-hybridized carbons (Fsp3) is 0. The molecule has 9 aromatic carbocycles. The highest BCUT2D eigenvalue weighted by Gasteiger charge is 2.15. The second-order valence-corrected chi connectivity index (χ2v) is 12.7. The standard InChI is InChI=1S/C42H24S/c1-3-11-29-27(9-1)28-10-2-4-12-30(28)37-24-39-33-19-17-25(21-35(33)31-13-5-6-14-32(31)38(39)23-36(29)37)26-18-20-42-40(22-26)34-15-7-8-16-41(34)43-42/h1-24H. The third-order valence-electron chi connectivity index (χ3n) is 9.41. The van der Waals surface area contributed by atoms with Crippen LogP contribution in [0.25, 0.3) is 95.9 Å². The van der Waals surface area contributed by atoms with E-state index in [2.05, 4.69) is 146 Å². The van der Waals surface area contributed by atoms with Gasteiger partial charge in [0.15, 0.2) is 0 Å². The SMILES string of the molecule is c1ccc2c(c1)sc1ccc(-c3ccc4c(c3)c3ccccc3c3cc5c6ccccc6c6ccccc6c5cc43)cc12. The molecular formula is C42H24S. The van der Waals surface area contributed by atoms with Crippen LogP contribution in [0.5, 0.6) is 0 Å². The molecule has 0 N–H and O–H groups in total. The summed E-state index contributed by atoms with van der Waals surface area (Å²) in [5, 5.41) is 18.4. The van der Waals surface area contributed by atoms with Crippen molar-refractivity contribution in [3.05, 3.63) is 146 Å². The topological polar surface area (TPSA) is 0 Å². The van der Waals surface area contributed by atoms with Gasteiger partial charge in [-0.15, -0.1) is 11.3 Å². The van der Waals surface area contributed by atoms with E-state index in [1.807, 2.05) is 11.3 Å². The zero-order valence-electron chi connectivity index (χ0n) is 23.3. The number of fused-ring (bicyclic) bond motifs is 15. The van der Waals surface area contributed by atoms with Crippen LogP contribution in [-0.2, 0) is 0 Å². The van der Waals surface area contributed by atoms with Gasteiger partial charge in [0.1, 0.15) is 0 Å². The first-order valence-electron chi connectivity index (χ1n) is 14.8. The van der Waals surface area contributed by atoms with E-state index >= 15 is 0 Å². The Bertz CT molecular complexity index is 2780. The fourth-order valence-corrected chi connectivity index (χ4v) is 8.52. The van der Waals surface area contributed by atoms with Crippen LogP contribution in [-0.4, -0.2) is 0 Å². The van der Waals surface area contributed by atoms with Crippen molar-refractivity contribution in [1.82, 2.24) is 0 Å². The number of thiophene rings is 1. The Kier molecular flexibility index (Phi) is 4.69. The molecular weight excluding hydrogens is 537 g/mol. The molecule has 198 valence electrons. The normalized spacial score (nSPS) is 12.2. The Morgan fingerprint density at radius 2 is 0.581 bits per heavy atom. The largest absolute Gasteiger partial charge is 0.135 e. The number of hydrogen-bond acceptors (Lipinski definition) is 1. The van der Waals surface area contributed by atoms with Gasteiger partial charge in [0.2, 0.25) is 0 Å². The molecule has 10 aromatic rings. The average Bonchev–Trinajstić information content (AvgIpc) is 3.46. The Balaban J connectivity index is 1.31. The maximum atomic E-state index is 2.46. The predicted octanol–water partition coefficient (Wildman–Crippen LogP) is 12.6. The van der Waals surface area contributed by atoms with E-state index in [4.69, 9.17) is 0 Å². The molecule has 0 fully saturated rings. The molecule has 0 amide bonds. The van der Waals surface area contributed by atoms with Crippen molar-refractivity contribution in [2.75, 3.05) is 0 Å². The third-order valence-corrected chi connectivity index (χ3v) is 10.6. The summed E-state index contributed by atoms with van der Waals surface area (Å²) in [5.74, 6) is 0. The number of benzene rings is 9. The second kappa shape index (κ2) is 8.64. The van der Waals surface area contributed by atoms with E-state index in [-0.39, 0.29) is 0 Å². The molecule has 0 saturated carbocycles. The van der Waals surface area contributed by atoms with Crippen molar-refractivity contribution in [3.8, 4) is 11.1 Å². The molecule has 43 heavy (non-hydrogen) atoms. The minimum Gasteiger partial charge on any atom is -0.135 e. The van der Waals surface area contributed by atoms with E-state index in [0.717, 1.165) is 0 Å². The van der Waals surface area contributed by atoms with Crippen LogP contribution in [0, 0.1) is 0 Å². The quantitative estimate of drug-likeness (QED) is 0.138. The minimum atomic E-state index is 1.26. The summed E-state index contributed by atoms with van der Waals surface area (Å²) in [6.07, 6.45) is 0. The lowest BCUT2D eigenvalue weighted by Crippen LogP contribution is -1.88. The maximum absolute atomic E-state index is 2.46. The molecule has 0 aliphatic rings. The van der Waals surface area contributed by atoms with Gasteiger partial charge < -0.3 is 0 Å². The molecule has 0 spiro atoms. The molecule has 1 heterocycles. The molecule has 0 bridgehead atoms. The van der Waals surface area contributed by atoms with Gasteiger partial charge in [-0.3, -0.25) is 0 Å². The van der Waals surface area contributed by atoms with Crippen molar-refractivity contribution in [2.24, 2.45) is 0 Å². The minimum absolute atomic E-state index is 1.26. The second-order valence-electron chi connectivity index (χ2n) is 11.6. The van der Waals surface area contributed by atoms with E-state index < -0.39 is 0 Å². The highest BCUT2D eigenvalue weighted by Crippen LogP contribution is 2.43. The lowest BCUT2D eigenvalue weighted by atomic mass is 9.88. The van der Waals surface area contributed by atoms with E-state index in [1.165, 1.54) is 95.9 Å². The molecule has 1 heteroatoms. The summed E-state index contributed by atoms with van der Waals surface area (Å²) in [4.78, 5) is 0. The first-order valence-corrected chi connectivity index (χ1v) is 15.7. The third kappa shape index (κ3) is 3.26. The van der Waals surface area contributed by atoms with E-state index in [1.54, 1.807) is 0 Å². The lowest BCUT2D eigenvalue weighted by Gasteiger charge is -2.16. The Morgan fingerprint density at radius 3 is 1.12 bits per heavy atom. The monoisotopic (exact) mass is 560 g/mol. The lowest BCUT2D eigenvalue weighted by molar-refractivity contribution is 1.71. The van der Waals surface area contributed by atoms with Gasteiger partial charge in [0.25, 0.3) is 0 Å². The van der Waals surface area contributed by atoms with Crippen LogP contribution in [0.1, 0.15) is 0 Å². The van der Waals surface area contributed by atoms with Gasteiger partial charge in [-0.1, -0.05) is 109 Å². The molecule has 0 aliphatic heterocycles. The van der Waals surface area contributed by atoms with Gasteiger partial charge >= 0.3 is 0 Å². The number of rotatable bonds is 1. The summed E-state index contributed by atoms with van der Waals surface area (Å²) in [5.41, 5.74) is 2.52. The molecule has 0 nitrogen and oxygen atoms in total. The molecule has 0 unspecified atom stereocenters. The van der Waals surface area contributed by atoms with Crippen LogP contribution < -0.4 is 0 Å². The molecule has 0 atom stereocenters. The van der Waals surface area contributed by atoms with Crippen molar-refractivity contribution in [2.45, 2.75) is 0 Å². The van der Waals surface area contributed by atoms with Crippen molar-refractivity contribution in [3.63, 3.8) is 0 Å². The van der Waals surface area contributed by atoms with Gasteiger partial charge in [0.05, 0.1) is 0 Å². The highest BCUT2D eigenvalue weighted by molar-refractivity contribution is 7.25. The Morgan fingerprint density at radius 1 is 0.233 bits per heavy atom. The van der Waals surface area contributed by atoms with Crippen molar-refractivity contribution >= 4 is 96.1 Å². The smallest absolute Gasteiger partial charge is 0.0355 e. The van der Waals surface area contributed by atoms with Gasteiger partial charge in [-0.05, 0) is 112 Å². The molecule has 0 aliphatic carbocycles. The highest BCUT2D eigenvalue weighted by atomic mass is 32.1. The summed E-state index contributed by atoms with van der Waals surface area (Å²) >= 11 is 1.87. The van der Waals surface area contributed by atoms with E-state index in [0.29, 0.717) is 0 Å². The number of hydrogen-bond donors (Lipinski definition) is 0. The molecule has 10 rings (SSSR count). The first kappa shape index (κ1) is 23.3. The van der Waals surface area contributed by atoms with Crippen LogP contribution in [0.2, 0.25) is 0 Å². The van der Waals surface area contributed by atoms with Crippen LogP contribution in [0.3, 0.4) is 0 Å². The van der Waals surface area contributed by atoms with Gasteiger partial charge in [-0.25, -0.2) is 0 Å². The zero-order chi connectivity index (χ0) is 28.1. The predicted molar refractivity (Wildman–Crippen MR) is 190 cm³/mol. The van der Waals surface area contributed by atoms with Crippen molar-refractivity contribution in [1.29, 1.82) is 0 Å². The molecule has 0 saturated heterocycles. The summed E-state index contributed by atoms with van der Waals surface area (Å²) in [6, 6.07) is 54.3. The molecule has 0 radical (unpaired) electrons. The Labute approximate surface area is 252 Å². The van der Waals surface area contributed by atoms with Crippen molar-refractivity contribution < 1.29 is 0 Å². The summed E-state index contributed by atoms with van der Waals surface area (Å²) in [7, 11) is 0. The van der Waals surface area contributed by atoms with E-state index in [9.17, 15) is 0 Å². The van der Waals surface area contributed by atoms with Gasteiger partial charge in [-0.2, -0.15) is 0 Å². The zero-order valence-corrected chi connectivity index (χ0v) is 24.1. The first-order chi connectivity index (χ1) is 21.3. The van der Waals surface area contributed by atoms with Crippen LogP contribution in [0.15, 0.2) is 146 Å². The van der Waals surface area contributed by atoms with Crippen LogP contribution >= 0.6 is 11.3 Å². The summed E-state index contributed by atoms with van der Waals surface area (Å²) < 4.78 is 2.69. The van der Waals surface area contributed by atoms with Crippen LogP contribution in [0.4, 0.5) is 0 Å². The maximum Gasteiger partial charge on any atom is 0.0355 e.